The number of nitrogens with zero attached hydrogens (tertiary/aromatic N) is 1. The number of carboxylic acids is 1. The summed E-state index contributed by atoms with van der Waals surface area (Å²) in [5.74, 6) is -2.30. The monoisotopic (exact) mass is 248 g/mol. The van der Waals surface area contributed by atoms with Gasteiger partial charge in [-0.05, 0) is 6.07 Å². The molecule has 1 aromatic heterocycles. The molecule has 0 bridgehead atoms. The van der Waals surface area contributed by atoms with Crippen molar-refractivity contribution in [2.24, 2.45) is 0 Å². The summed E-state index contributed by atoms with van der Waals surface area (Å²) >= 11 is 0. The first kappa shape index (κ1) is 12.0. The fourth-order valence-electron chi connectivity index (χ4n) is 1.73. The van der Waals surface area contributed by atoms with Gasteiger partial charge in [-0.2, -0.15) is 0 Å². The van der Waals surface area contributed by atoms with E-state index in [4.69, 9.17) is 5.11 Å². The average molecular weight is 248 g/mol. The van der Waals surface area contributed by atoms with Gasteiger partial charge in [0, 0.05) is 17.7 Å². The average Bonchev–Trinajstić information content (AvgIpc) is 2.28. The number of anilines is 1. The molecule has 1 heterocycles. The molecule has 1 amide bonds. The number of halogens is 1. The van der Waals surface area contributed by atoms with Crippen LogP contribution in [0.4, 0.5) is 10.1 Å². The Labute approximate surface area is 101 Å². The Morgan fingerprint density at radius 1 is 1.39 bits per heavy atom. The second-order valence-electron chi connectivity index (χ2n) is 3.67. The molecule has 0 spiro atoms. The van der Waals surface area contributed by atoms with Crippen LogP contribution in [0, 0.1) is 5.82 Å². The van der Waals surface area contributed by atoms with Crippen molar-refractivity contribution >= 4 is 28.3 Å². The van der Waals surface area contributed by atoms with E-state index in [2.05, 4.69) is 10.3 Å². The molecule has 2 rings (SSSR count). The van der Waals surface area contributed by atoms with Gasteiger partial charge in [0.05, 0.1) is 11.9 Å². The highest BCUT2D eigenvalue weighted by atomic mass is 19.1. The van der Waals surface area contributed by atoms with Gasteiger partial charge in [-0.15, -0.1) is 0 Å². The van der Waals surface area contributed by atoms with Crippen LogP contribution in [0.2, 0.25) is 0 Å². The molecular formula is C12H9FN2O3. The number of fused-ring (bicyclic) bond motifs is 1. The van der Waals surface area contributed by atoms with Gasteiger partial charge in [0.2, 0.25) is 5.91 Å². The Kier molecular flexibility index (Phi) is 2.93. The highest BCUT2D eigenvalue weighted by Crippen LogP contribution is 2.27. The van der Waals surface area contributed by atoms with Crippen molar-refractivity contribution < 1.29 is 19.1 Å². The van der Waals surface area contributed by atoms with E-state index in [0.29, 0.717) is 0 Å². The lowest BCUT2D eigenvalue weighted by atomic mass is 10.1. The summed E-state index contributed by atoms with van der Waals surface area (Å²) in [5.41, 5.74) is -0.0268. The van der Waals surface area contributed by atoms with E-state index in [0.717, 1.165) is 6.20 Å². The van der Waals surface area contributed by atoms with E-state index >= 15 is 0 Å². The molecule has 0 atom stereocenters. The minimum Gasteiger partial charge on any atom is -0.476 e. The molecule has 6 heteroatoms. The number of carboxylic acid groups (broad SMARTS) is 1. The first-order valence-corrected chi connectivity index (χ1v) is 5.09. The molecule has 0 saturated carbocycles. The van der Waals surface area contributed by atoms with E-state index in [1.165, 1.54) is 25.1 Å². The predicted octanol–water partition coefficient (Wildman–Crippen LogP) is 2.03. The van der Waals surface area contributed by atoms with Crippen LogP contribution in [0.3, 0.4) is 0 Å². The number of hydrogen-bond acceptors (Lipinski definition) is 3. The normalized spacial score (nSPS) is 10.3. The summed E-state index contributed by atoms with van der Waals surface area (Å²) in [5, 5.41) is 11.6. The van der Waals surface area contributed by atoms with E-state index in [-0.39, 0.29) is 28.1 Å². The summed E-state index contributed by atoms with van der Waals surface area (Å²) < 4.78 is 13.7. The van der Waals surface area contributed by atoms with E-state index in [1.54, 1.807) is 0 Å². The van der Waals surface area contributed by atoms with Crippen molar-refractivity contribution in [1.29, 1.82) is 0 Å². The number of carbonyl (C=O) groups excluding carboxylic acids is 1. The number of nitrogens with one attached hydrogen (secondary N) is 1. The van der Waals surface area contributed by atoms with Crippen LogP contribution >= 0.6 is 0 Å². The molecule has 5 nitrogen and oxygen atoms in total. The zero-order valence-electron chi connectivity index (χ0n) is 9.40. The predicted molar refractivity (Wildman–Crippen MR) is 63.0 cm³/mol. The molecule has 0 aliphatic rings. The maximum Gasteiger partial charge on any atom is 0.355 e. The van der Waals surface area contributed by atoms with Gasteiger partial charge >= 0.3 is 5.97 Å². The molecule has 18 heavy (non-hydrogen) atoms. The van der Waals surface area contributed by atoms with Crippen LogP contribution in [0.15, 0.2) is 24.4 Å². The van der Waals surface area contributed by atoms with Crippen molar-refractivity contribution in [3.8, 4) is 0 Å². The highest BCUT2D eigenvalue weighted by molar-refractivity contribution is 6.08. The highest BCUT2D eigenvalue weighted by Gasteiger charge is 2.16. The van der Waals surface area contributed by atoms with Crippen LogP contribution in [0.25, 0.3) is 10.8 Å². The molecule has 2 aromatic rings. The summed E-state index contributed by atoms with van der Waals surface area (Å²) in [7, 11) is 0. The standard InChI is InChI=1S/C12H9FN2O3/c1-6(16)15-9-4-2-3-7-10(9)8(13)5-14-11(7)12(17)18/h2-5H,1H3,(H,15,16)(H,17,18). The third-order valence-electron chi connectivity index (χ3n) is 2.38. The van der Waals surface area contributed by atoms with Gasteiger partial charge in [0.25, 0.3) is 0 Å². The van der Waals surface area contributed by atoms with Crippen molar-refractivity contribution in [2.75, 3.05) is 5.32 Å². The molecule has 92 valence electrons. The molecule has 0 radical (unpaired) electrons. The lowest BCUT2D eigenvalue weighted by Crippen LogP contribution is -2.08. The van der Waals surface area contributed by atoms with Crippen LogP contribution in [-0.4, -0.2) is 22.0 Å². The zero-order chi connectivity index (χ0) is 13.3. The SMILES string of the molecule is CC(=O)Nc1cccc2c(C(=O)O)ncc(F)c12. The fourth-order valence-corrected chi connectivity index (χ4v) is 1.73. The van der Waals surface area contributed by atoms with Gasteiger partial charge in [-0.1, -0.05) is 12.1 Å². The van der Waals surface area contributed by atoms with Gasteiger partial charge in [-0.25, -0.2) is 14.2 Å². The number of rotatable bonds is 2. The summed E-state index contributed by atoms with van der Waals surface area (Å²) in [6.07, 6.45) is 0.830. The molecule has 1 aromatic carbocycles. The Morgan fingerprint density at radius 3 is 2.72 bits per heavy atom. The first-order chi connectivity index (χ1) is 8.50. The van der Waals surface area contributed by atoms with Crippen molar-refractivity contribution in [2.45, 2.75) is 6.92 Å². The Balaban J connectivity index is 2.79. The number of carbonyl (C=O) groups is 2. The largest absolute Gasteiger partial charge is 0.476 e. The molecule has 0 aliphatic carbocycles. The Bertz CT molecular complexity index is 655. The second kappa shape index (κ2) is 4.40. The van der Waals surface area contributed by atoms with Gasteiger partial charge in [0.15, 0.2) is 11.5 Å². The lowest BCUT2D eigenvalue weighted by molar-refractivity contribution is -0.114. The molecule has 0 aliphatic heterocycles. The third-order valence-corrected chi connectivity index (χ3v) is 2.38. The zero-order valence-corrected chi connectivity index (χ0v) is 9.40. The maximum absolute atomic E-state index is 13.7. The number of aromatic nitrogens is 1. The van der Waals surface area contributed by atoms with Gasteiger partial charge < -0.3 is 10.4 Å². The minimum absolute atomic E-state index is 0.0418. The Hall–Kier alpha value is -2.50. The third kappa shape index (κ3) is 2.00. The number of aromatic carboxylic acids is 1. The summed E-state index contributed by atoms with van der Waals surface area (Å²) in [4.78, 5) is 25.5. The topological polar surface area (TPSA) is 79.3 Å². The van der Waals surface area contributed by atoms with E-state index in [1.807, 2.05) is 0 Å². The molecule has 0 fully saturated rings. The first-order valence-electron chi connectivity index (χ1n) is 5.09. The summed E-state index contributed by atoms with van der Waals surface area (Å²) in [6.45, 7) is 1.29. The molecule has 2 N–H and O–H groups in total. The van der Waals surface area contributed by atoms with Crippen LogP contribution in [0.1, 0.15) is 17.4 Å². The van der Waals surface area contributed by atoms with E-state index in [9.17, 15) is 14.0 Å². The molecular weight excluding hydrogens is 239 g/mol. The molecule has 0 unspecified atom stereocenters. The van der Waals surface area contributed by atoms with Crippen LogP contribution in [0.5, 0.6) is 0 Å². The fraction of sp³-hybridized carbons (Fsp3) is 0.0833. The van der Waals surface area contributed by atoms with Gasteiger partial charge in [-0.3, -0.25) is 4.79 Å². The van der Waals surface area contributed by atoms with E-state index < -0.39 is 11.8 Å². The summed E-state index contributed by atoms with van der Waals surface area (Å²) in [6, 6.07) is 4.47. The maximum atomic E-state index is 13.7. The number of hydrogen-bond donors (Lipinski definition) is 2. The smallest absolute Gasteiger partial charge is 0.355 e. The minimum atomic E-state index is -1.25. The van der Waals surface area contributed by atoms with Crippen LogP contribution < -0.4 is 5.32 Å². The quantitative estimate of drug-likeness (QED) is 0.852. The van der Waals surface area contributed by atoms with Crippen LogP contribution in [-0.2, 0) is 4.79 Å². The van der Waals surface area contributed by atoms with Crippen molar-refractivity contribution in [3.05, 3.63) is 35.9 Å². The number of amides is 1. The van der Waals surface area contributed by atoms with Gasteiger partial charge in [0.1, 0.15) is 0 Å². The Morgan fingerprint density at radius 2 is 2.11 bits per heavy atom. The van der Waals surface area contributed by atoms with Crippen molar-refractivity contribution in [3.63, 3.8) is 0 Å². The van der Waals surface area contributed by atoms with Crippen molar-refractivity contribution in [1.82, 2.24) is 4.98 Å². The lowest BCUT2D eigenvalue weighted by Gasteiger charge is -2.09. The molecule has 0 saturated heterocycles. The number of benzene rings is 1. The second-order valence-corrected chi connectivity index (χ2v) is 3.67. The number of pyridine rings is 1.